The topological polar surface area (TPSA) is 50.8 Å². The largest absolute Gasteiger partial charge is 0.489 e. The molecule has 1 fully saturated rings. The zero-order chi connectivity index (χ0) is 17.3. The Kier molecular flexibility index (Phi) is 6.42. The number of nitrogens with zero attached hydrogens (tertiary/aromatic N) is 1. The minimum absolute atomic E-state index is 0.0709. The first-order valence-corrected chi connectivity index (χ1v) is 8.66. The van der Waals surface area contributed by atoms with Gasteiger partial charge < -0.3 is 14.8 Å². The average molecular weight is 340 g/mol. The van der Waals surface area contributed by atoms with Crippen LogP contribution in [0.15, 0.2) is 54.6 Å². The second-order valence-electron chi connectivity index (χ2n) is 6.01. The van der Waals surface area contributed by atoms with E-state index in [1.54, 1.807) is 12.1 Å². The lowest BCUT2D eigenvalue weighted by Crippen LogP contribution is -2.41. The summed E-state index contributed by atoms with van der Waals surface area (Å²) in [4.78, 5) is 14.6. The number of benzene rings is 2. The minimum atomic E-state index is -0.0709. The van der Waals surface area contributed by atoms with Crippen LogP contribution >= 0.6 is 0 Å². The second-order valence-corrected chi connectivity index (χ2v) is 6.01. The highest BCUT2D eigenvalue weighted by Gasteiger charge is 2.11. The van der Waals surface area contributed by atoms with Crippen molar-refractivity contribution in [3.8, 4) is 5.75 Å². The Labute approximate surface area is 148 Å². The first-order valence-electron chi connectivity index (χ1n) is 8.66. The van der Waals surface area contributed by atoms with Gasteiger partial charge in [-0.2, -0.15) is 0 Å². The van der Waals surface area contributed by atoms with E-state index in [2.05, 4.69) is 10.2 Å². The zero-order valence-electron chi connectivity index (χ0n) is 14.3. The summed E-state index contributed by atoms with van der Waals surface area (Å²) < 4.78 is 11.1. The second kappa shape index (κ2) is 9.20. The summed E-state index contributed by atoms with van der Waals surface area (Å²) in [6.07, 6.45) is 0. The molecule has 2 aromatic rings. The number of rotatable bonds is 7. The molecule has 0 radical (unpaired) electrons. The molecule has 1 heterocycles. The van der Waals surface area contributed by atoms with Crippen LogP contribution in [-0.4, -0.2) is 50.2 Å². The van der Waals surface area contributed by atoms with E-state index < -0.39 is 0 Å². The number of ether oxygens (including phenoxy) is 2. The van der Waals surface area contributed by atoms with E-state index in [1.165, 1.54) is 0 Å². The number of carbonyl (C=O) groups excluding carboxylic acids is 1. The molecule has 0 unspecified atom stereocenters. The summed E-state index contributed by atoms with van der Waals surface area (Å²) >= 11 is 0. The molecule has 1 aliphatic rings. The van der Waals surface area contributed by atoms with Gasteiger partial charge in [0.25, 0.3) is 5.91 Å². The lowest BCUT2D eigenvalue weighted by Gasteiger charge is -2.26. The fourth-order valence-electron chi connectivity index (χ4n) is 2.72. The maximum absolute atomic E-state index is 12.3. The van der Waals surface area contributed by atoms with E-state index in [0.29, 0.717) is 24.5 Å². The predicted molar refractivity (Wildman–Crippen MR) is 96.8 cm³/mol. The van der Waals surface area contributed by atoms with Crippen molar-refractivity contribution in [2.75, 3.05) is 39.4 Å². The average Bonchev–Trinajstić information content (AvgIpc) is 2.68. The molecule has 1 saturated heterocycles. The molecule has 0 aliphatic carbocycles. The highest BCUT2D eigenvalue weighted by molar-refractivity contribution is 5.94. The molecular formula is C20H24N2O3. The predicted octanol–water partition coefficient (Wildman–Crippen LogP) is 2.33. The molecule has 25 heavy (non-hydrogen) atoms. The molecule has 132 valence electrons. The van der Waals surface area contributed by atoms with Gasteiger partial charge in [-0.15, -0.1) is 0 Å². The molecule has 5 heteroatoms. The van der Waals surface area contributed by atoms with E-state index >= 15 is 0 Å². The molecule has 1 aliphatic heterocycles. The Balaban J connectivity index is 1.47. The fraction of sp³-hybridized carbons (Fsp3) is 0.350. The molecule has 2 aromatic carbocycles. The molecule has 1 amide bonds. The first-order chi connectivity index (χ1) is 12.3. The number of amides is 1. The van der Waals surface area contributed by atoms with Gasteiger partial charge in [-0.05, 0) is 23.8 Å². The van der Waals surface area contributed by atoms with Crippen LogP contribution in [0.2, 0.25) is 0 Å². The van der Waals surface area contributed by atoms with Crippen LogP contribution in [0.1, 0.15) is 15.9 Å². The van der Waals surface area contributed by atoms with Gasteiger partial charge in [-0.1, -0.05) is 36.4 Å². The van der Waals surface area contributed by atoms with Crippen molar-refractivity contribution in [1.29, 1.82) is 0 Å². The summed E-state index contributed by atoms with van der Waals surface area (Å²) in [6, 6.07) is 17.3. The van der Waals surface area contributed by atoms with E-state index in [-0.39, 0.29) is 5.91 Å². The van der Waals surface area contributed by atoms with Gasteiger partial charge in [-0.25, -0.2) is 0 Å². The Morgan fingerprint density at radius 1 is 1.08 bits per heavy atom. The van der Waals surface area contributed by atoms with Crippen LogP contribution < -0.4 is 10.1 Å². The number of morpholine rings is 1. The molecule has 0 saturated carbocycles. The van der Waals surface area contributed by atoms with Crippen molar-refractivity contribution < 1.29 is 14.3 Å². The van der Waals surface area contributed by atoms with E-state index in [9.17, 15) is 4.79 Å². The highest BCUT2D eigenvalue weighted by atomic mass is 16.5. The van der Waals surface area contributed by atoms with Crippen LogP contribution in [0.25, 0.3) is 0 Å². The summed E-state index contributed by atoms with van der Waals surface area (Å²) in [5, 5.41) is 2.97. The third-order valence-electron chi connectivity index (χ3n) is 4.16. The summed E-state index contributed by atoms with van der Waals surface area (Å²) in [5.41, 5.74) is 1.72. The lowest BCUT2D eigenvalue weighted by molar-refractivity contribution is 0.0383. The highest BCUT2D eigenvalue weighted by Crippen LogP contribution is 2.15. The molecule has 0 aromatic heterocycles. The smallest absolute Gasteiger partial charge is 0.251 e. The van der Waals surface area contributed by atoms with Gasteiger partial charge in [-0.3, -0.25) is 9.69 Å². The zero-order valence-corrected chi connectivity index (χ0v) is 14.3. The fourth-order valence-corrected chi connectivity index (χ4v) is 2.72. The molecule has 1 N–H and O–H groups in total. The van der Waals surface area contributed by atoms with Crippen LogP contribution in [0.3, 0.4) is 0 Å². The number of nitrogens with one attached hydrogen (secondary N) is 1. The maximum Gasteiger partial charge on any atom is 0.251 e. The van der Waals surface area contributed by atoms with Crippen LogP contribution in [-0.2, 0) is 11.3 Å². The van der Waals surface area contributed by atoms with Gasteiger partial charge in [0.05, 0.1) is 13.2 Å². The van der Waals surface area contributed by atoms with Crippen LogP contribution in [0.4, 0.5) is 0 Å². The third-order valence-corrected chi connectivity index (χ3v) is 4.16. The summed E-state index contributed by atoms with van der Waals surface area (Å²) in [6.45, 7) is 5.37. The Morgan fingerprint density at radius 3 is 2.68 bits per heavy atom. The monoisotopic (exact) mass is 340 g/mol. The number of carbonyl (C=O) groups is 1. The Morgan fingerprint density at radius 2 is 1.88 bits per heavy atom. The number of hydrogen-bond acceptors (Lipinski definition) is 4. The summed E-state index contributed by atoms with van der Waals surface area (Å²) in [5.74, 6) is 0.628. The van der Waals surface area contributed by atoms with Crippen molar-refractivity contribution in [2.45, 2.75) is 6.61 Å². The Bertz CT molecular complexity index is 670. The normalized spacial score (nSPS) is 14.9. The Hall–Kier alpha value is -2.37. The number of hydrogen-bond donors (Lipinski definition) is 1. The SMILES string of the molecule is O=C(NCCN1CCOCC1)c1cccc(OCc2ccccc2)c1. The van der Waals surface area contributed by atoms with Crippen molar-refractivity contribution in [3.63, 3.8) is 0 Å². The van der Waals surface area contributed by atoms with Gasteiger partial charge in [0.2, 0.25) is 0 Å². The molecule has 0 atom stereocenters. The molecule has 3 rings (SSSR count). The van der Waals surface area contributed by atoms with Crippen LogP contribution in [0, 0.1) is 0 Å². The standard InChI is InChI=1S/C20H24N2O3/c23-20(21-9-10-22-11-13-24-14-12-22)18-7-4-8-19(15-18)25-16-17-5-2-1-3-6-17/h1-8,15H,9-14,16H2,(H,21,23). The maximum atomic E-state index is 12.3. The summed E-state index contributed by atoms with van der Waals surface area (Å²) in [7, 11) is 0. The van der Waals surface area contributed by atoms with E-state index in [4.69, 9.17) is 9.47 Å². The van der Waals surface area contributed by atoms with E-state index in [0.717, 1.165) is 38.4 Å². The van der Waals surface area contributed by atoms with Gasteiger partial charge in [0, 0.05) is 31.7 Å². The third kappa shape index (κ3) is 5.59. The molecule has 5 nitrogen and oxygen atoms in total. The minimum Gasteiger partial charge on any atom is -0.489 e. The molecular weight excluding hydrogens is 316 g/mol. The molecule has 0 spiro atoms. The van der Waals surface area contributed by atoms with Crippen molar-refractivity contribution in [2.24, 2.45) is 0 Å². The van der Waals surface area contributed by atoms with Crippen molar-refractivity contribution >= 4 is 5.91 Å². The van der Waals surface area contributed by atoms with Crippen LogP contribution in [0.5, 0.6) is 5.75 Å². The molecule has 0 bridgehead atoms. The first kappa shape index (κ1) is 17.5. The lowest BCUT2D eigenvalue weighted by atomic mass is 10.2. The van der Waals surface area contributed by atoms with E-state index in [1.807, 2.05) is 42.5 Å². The van der Waals surface area contributed by atoms with Gasteiger partial charge in [0.15, 0.2) is 0 Å². The quantitative estimate of drug-likeness (QED) is 0.840. The van der Waals surface area contributed by atoms with Gasteiger partial charge in [0.1, 0.15) is 12.4 Å². The van der Waals surface area contributed by atoms with Crippen molar-refractivity contribution in [3.05, 3.63) is 65.7 Å². The van der Waals surface area contributed by atoms with Crippen molar-refractivity contribution in [1.82, 2.24) is 10.2 Å². The van der Waals surface area contributed by atoms with Gasteiger partial charge >= 0.3 is 0 Å².